The third-order valence-electron chi connectivity index (χ3n) is 5.07. The predicted molar refractivity (Wildman–Crippen MR) is 106 cm³/mol. The molecule has 3 heterocycles. The van der Waals surface area contributed by atoms with Gasteiger partial charge < -0.3 is 19.9 Å². The van der Waals surface area contributed by atoms with Crippen molar-refractivity contribution in [2.75, 3.05) is 46.4 Å². The highest BCUT2D eigenvalue weighted by molar-refractivity contribution is 7.10. The third kappa shape index (κ3) is 4.76. The first kappa shape index (κ1) is 19.2. The van der Waals surface area contributed by atoms with Crippen molar-refractivity contribution in [2.24, 2.45) is 10.9 Å². The Morgan fingerprint density at radius 3 is 3.12 bits per heavy atom. The molecule has 2 aliphatic heterocycles. The molecule has 1 atom stereocenters. The van der Waals surface area contributed by atoms with Gasteiger partial charge in [0.15, 0.2) is 5.96 Å². The lowest BCUT2D eigenvalue weighted by Gasteiger charge is -2.27. The normalized spacial score (nSPS) is 20.4. The van der Waals surface area contributed by atoms with Crippen LogP contribution in [0, 0.1) is 5.92 Å². The van der Waals surface area contributed by atoms with Crippen LogP contribution >= 0.6 is 11.3 Å². The molecule has 6 nitrogen and oxygen atoms in total. The van der Waals surface area contributed by atoms with Crippen LogP contribution in [0.2, 0.25) is 0 Å². The van der Waals surface area contributed by atoms with E-state index in [1.165, 1.54) is 10.4 Å². The summed E-state index contributed by atoms with van der Waals surface area (Å²) in [6, 6.07) is 2.14. The Morgan fingerprint density at radius 2 is 2.31 bits per heavy atom. The van der Waals surface area contributed by atoms with Crippen LogP contribution in [-0.2, 0) is 22.5 Å². The molecule has 1 fully saturated rings. The van der Waals surface area contributed by atoms with Gasteiger partial charge in [-0.2, -0.15) is 0 Å². The molecule has 2 aliphatic rings. The van der Waals surface area contributed by atoms with Gasteiger partial charge in [0.25, 0.3) is 0 Å². The fourth-order valence-electron chi connectivity index (χ4n) is 3.70. The average Bonchev–Trinajstić information content (AvgIpc) is 3.29. The molecule has 0 radical (unpaired) electrons. The fourth-order valence-corrected chi connectivity index (χ4v) is 4.59. The molecule has 1 N–H and O–H groups in total. The molecule has 1 aromatic heterocycles. The second-order valence-electron chi connectivity index (χ2n) is 6.98. The summed E-state index contributed by atoms with van der Waals surface area (Å²) in [4.78, 5) is 22.9. The first-order chi connectivity index (χ1) is 12.7. The summed E-state index contributed by atoms with van der Waals surface area (Å²) in [5, 5.41) is 5.49. The lowest BCUT2D eigenvalue weighted by Crippen LogP contribution is -2.40. The van der Waals surface area contributed by atoms with Gasteiger partial charge in [-0.15, -0.1) is 11.3 Å². The maximum atomic E-state index is 12.5. The van der Waals surface area contributed by atoms with Gasteiger partial charge in [0.05, 0.1) is 13.2 Å². The number of guanidine groups is 1. The molecule has 1 saturated heterocycles. The van der Waals surface area contributed by atoms with Crippen LogP contribution in [0.5, 0.6) is 0 Å². The number of ether oxygens (including phenoxy) is 1. The Bertz CT molecular complexity index is 631. The molecule has 0 aliphatic carbocycles. The van der Waals surface area contributed by atoms with Gasteiger partial charge in [-0.25, -0.2) is 0 Å². The van der Waals surface area contributed by atoms with Gasteiger partial charge in [-0.05, 0) is 36.8 Å². The number of likely N-dealkylation sites (tertiary alicyclic amines) is 1. The Morgan fingerprint density at radius 1 is 1.42 bits per heavy atom. The van der Waals surface area contributed by atoms with Crippen LogP contribution in [0.1, 0.15) is 30.2 Å². The number of rotatable bonds is 6. The molecule has 0 bridgehead atoms. The number of nitrogens with zero attached hydrogens (tertiary/aromatic N) is 3. The molecule has 0 aromatic carbocycles. The quantitative estimate of drug-likeness (QED) is 0.607. The van der Waals surface area contributed by atoms with Crippen molar-refractivity contribution in [3.63, 3.8) is 0 Å². The summed E-state index contributed by atoms with van der Waals surface area (Å²) < 4.78 is 5.28. The highest BCUT2D eigenvalue weighted by Crippen LogP contribution is 2.24. The minimum Gasteiger partial charge on any atom is -0.384 e. The van der Waals surface area contributed by atoms with E-state index in [0.717, 1.165) is 58.1 Å². The minimum absolute atomic E-state index is 0.208. The third-order valence-corrected chi connectivity index (χ3v) is 6.09. The van der Waals surface area contributed by atoms with Crippen LogP contribution in [0.25, 0.3) is 0 Å². The van der Waals surface area contributed by atoms with E-state index in [0.29, 0.717) is 18.9 Å². The highest BCUT2D eigenvalue weighted by atomic mass is 32.1. The van der Waals surface area contributed by atoms with Crippen molar-refractivity contribution < 1.29 is 9.53 Å². The minimum atomic E-state index is 0.208. The number of nitrogens with one attached hydrogen (secondary N) is 1. The van der Waals surface area contributed by atoms with Crippen molar-refractivity contribution in [2.45, 2.75) is 32.7 Å². The topological polar surface area (TPSA) is 57.2 Å². The van der Waals surface area contributed by atoms with Crippen molar-refractivity contribution in [3.8, 4) is 0 Å². The number of amides is 1. The second-order valence-corrected chi connectivity index (χ2v) is 7.98. The summed E-state index contributed by atoms with van der Waals surface area (Å²) in [6.07, 6.45) is 2.59. The summed E-state index contributed by atoms with van der Waals surface area (Å²) in [7, 11) is 1.76. The number of hydrogen-bond donors (Lipinski definition) is 1. The zero-order valence-electron chi connectivity index (χ0n) is 15.9. The molecule has 1 unspecified atom stereocenters. The number of hydrogen-bond acceptors (Lipinski definition) is 4. The lowest BCUT2D eigenvalue weighted by atomic mass is 10.1. The average molecular weight is 379 g/mol. The number of carbonyl (C=O) groups is 1. The standard InChI is InChI=1S/C19H30N4O2S/c1-3-20-19(23-9-5-15(12-23)14-25-2)21-8-4-18(24)22-10-6-17-16(13-22)7-11-26-17/h7,11,15H,3-6,8-10,12-14H2,1-2H3,(H,20,21). The van der Waals surface area contributed by atoms with Crippen molar-refractivity contribution >= 4 is 23.2 Å². The molecule has 3 rings (SSSR count). The summed E-state index contributed by atoms with van der Waals surface area (Å²) in [5.41, 5.74) is 1.31. The van der Waals surface area contributed by atoms with Gasteiger partial charge in [-0.3, -0.25) is 9.79 Å². The second kappa shape index (κ2) is 9.37. The zero-order chi connectivity index (χ0) is 18.4. The summed E-state index contributed by atoms with van der Waals surface area (Å²) in [5.74, 6) is 1.71. The van der Waals surface area contributed by atoms with Gasteiger partial charge in [-0.1, -0.05) is 0 Å². The molecule has 0 spiro atoms. The molecule has 7 heteroatoms. The smallest absolute Gasteiger partial charge is 0.224 e. The van der Waals surface area contributed by atoms with Gasteiger partial charge in [0.1, 0.15) is 0 Å². The monoisotopic (exact) mass is 378 g/mol. The molecule has 26 heavy (non-hydrogen) atoms. The lowest BCUT2D eigenvalue weighted by molar-refractivity contribution is -0.131. The van der Waals surface area contributed by atoms with E-state index in [1.807, 2.05) is 4.90 Å². The highest BCUT2D eigenvalue weighted by Gasteiger charge is 2.25. The number of aliphatic imine (C=N–C) groups is 1. The van der Waals surface area contributed by atoms with Crippen LogP contribution in [-0.4, -0.2) is 68.1 Å². The van der Waals surface area contributed by atoms with E-state index in [2.05, 4.69) is 28.6 Å². The van der Waals surface area contributed by atoms with Crippen molar-refractivity contribution in [1.29, 1.82) is 0 Å². The largest absolute Gasteiger partial charge is 0.384 e. The number of carbonyl (C=O) groups excluding carboxylic acids is 1. The van der Waals surface area contributed by atoms with E-state index >= 15 is 0 Å². The Hall–Kier alpha value is -1.60. The Kier molecular flexibility index (Phi) is 6.91. The number of methoxy groups -OCH3 is 1. The molecular formula is C19H30N4O2S. The van der Waals surface area contributed by atoms with E-state index in [-0.39, 0.29) is 5.91 Å². The van der Waals surface area contributed by atoms with E-state index in [9.17, 15) is 4.79 Å². The van der Waals surface area contributed by atoms with E-state index in [1.54, 1.807) is 18.4 Å². The summed E-state index contributed by atoms with van der Waals surface area (Å²) >= 11 is 1.80. The van der Waals surface area contributed by atoms with Crippen LogP contribution < -0.4 is 5.32 Å². The zero-order valence-corrected chi connectivity index (χ0v) is 16.7. The van der Waals surface area contributed by atoms with Crippen LogP contribution in [0.4, 0.5) is 0 Å². The van der Waals surface area contributed by atoms with Crippen LogP contribution in [0.3, 0.4) is 0 Å². The first-order valence-electron chi connectivity index (χ1n) is 9.56. The number of thiophene rings is 1. The fraction of sp³-hybridized carbons (Fsp3) is 0.684. The van der Waals surface area contributed by atoms with Crippen LogP contribution in [0.15, 0.2) is 16.4 Å². The molecule has 1 aromatic rings. The van der Waals surface area contributed by atoms with Gasteiger partial charge >= 0.3 is 0 Å². The van der Waals surface area contributed by atoms with Crippen molar-refractivity contribution in [1.82, 2.24) is 15.1 Å². The molecule has 0 saturated carbocycles. The Labute approximate surface area is 160 Å². The maximum absolute atomic E-state index is 12.5. The molecule has 144 valence electrons. The Balaban J connectivity index is 1.50. The van der Waals surface area contributed by atoms with Crippen molar-refractivity contribution in [3.05, 3.63) is 21.9 Å². The van der Waals surface area contributed by atoms with Gasteiger partial charge in [0.2, 0.25) is 5.91 Å². The summed E-state index contributed by atoms with van der Waals surface area (Å²) in [6.45, 7) is 7.82. The predicted octanol–water partition coefficient (Wildman–Crippen LogP) is 1.96. The molecule has 1 amide bonds. The van der Waals surface area contributed by atoms with Gasteiger partial charge in [0, 0.05) is 57.0 Å². The first-order valence-corrected chi connectivity index (χ1v) is 10.4. The molecular weight excluding hydrogens is 348 g/mol. The SMILES string of the molecule is CCNC(=NCCC(=O)N1CCc2sccc2C1)N1CCC(COC)C1. The van der Waals surface area contributed by atoms with E-state index < -0.39 is 0 Å². The number of fused-ring (bicyclic) bond motifs is 1. The maximum Gasteiger partial charge on any atom is 0.224 e. The van der Waals surface area contributed by atoms with E-state index in [4.69, 9.17) is 9.73 Å².